The Hall–Kier alpha value is -0.910. The normalized spacial score (nSPS) is 10.5. The Morgan fingerprint density at radius 3 is 2.84 bits per heavy atom. The highest BCUT2D eigenvalue weighted by Crippen LogP contribution is 2.17. The van der Waals surface area contributed by atoms with Crippen LogP contribution in [0.2, 0.25) is 0 Å². The number of carbonyl (C=O) groups is 1. The Morgan fingerprint density at radius 2 is 2.16 bits per heavy atom. The Labute approximate surface area is 123 Å². The van der Waals surface area contributed by atoms with Crippen molar-refractivity contribution in [3.8, 4) is 0 Å². The second kappa shape index (κ2) is 9.07. The summed E-state index contributed by atoms with van der Waals surface area (Å²) in [7, 11) is 1.62. The minimum Gasteiger partial charge on any atom is -0.383 e. The topological polar surface area (TPSA) is 50.4 Å². The summed E-state index contributed by atoms with van der Waals surface area (Å²) in [6, 6.07) is 6.27. The lowest BCUT2D eigenvalue weighted by atomic mass is 10.1. The number of rotatable bonds is 8. The van der Waals surface area contributed by atoms with Gasteiger partial charge in [0.25, 0.3) is 0 Å². The zero-order valence-electron chi connectivity index (χ0n) is 11.5. The monoisotopic (exact) mass is 328 g/mol. The molecular weight excluding hydrogens is 308 g/mol. The van der Waals surface area contributed by atoms with Crippen molar-refractivity contribution in [2.24, 2.45) is 0 Å². The lowest BCUT2D eigenvalue weighted by molar-refractivity contribution is -0.121. The van der Waals surface area contributed by atoms with E-state index in [1.165, 1.54) is 11.1 Å². The Balaban J connectivity index is 2.16. The summed E-state index contributed by atoms with van der Waals surface area (Å²) in [5.74, 6) is 0.0506. The van der Waals surface area contributed by atoms with Gasteiger partial charge < -0.3 is 15.4 Å². The zero-order valence-corrected chi connectivity index (χ0v) is 13.0. The van der Waals surface area contributed by atoms with E-state index in [1.54, 1.807) is 7.11 Å². The van der Waals surface area contributed by atoms with Crippen LogP contribution in [0.4, 0.5) is 0 Å². The van der Waals surface area contributed by atoms with Gasteiger partial charge in [0.15, 0.2) is 0 Å². The lowest BCUT2D eigenvalue weighted by Crippen LogP contribution is -2.29. The summed E-state index contributed by atoms with van der Waals surface area (Å²) in [6.45, 7) is 4.62. The third-order valence-electron chi connectivity index (χ3n) is 2.72. The van der Waals surface area contributed by atoms with Crippen LogP contribution in [0.5, 0.6) is 0 Å². The minimum absolute atomic E-state index is 0.0506. The van der Waals surface area contributed by atoms with Gasteiger partial charge in [0, 0.05) is 37.6 Å². The largest absolute Gasteiger partial charge is 0.383 e. The number of hydrogen-bond donors (Lipinski definition) is 2. The predicted octanol–water partition coefficient (Wildman–Crippen LogP) is 2.00. The molecule has 0 fully saturated rings. The van der Waals surface area contributed by atoms with Crippen molar-refractivity contribution in [1.29, 1.82) is 0 Å². The molecule has 0 aliphatic heterocycles. The van der Waals surface area contributed by atoms with Crippen LogP contribution in [-0.4, -0.2) is 32.7 Å². The van der Waals surface area contributed by atoms with Crippen molar-refractivity contribution < 1.29 is 9.53 Å². The van der Waals surface area contributed by atoms with Gasteiger partial charge in [-0.2, -0.15) is 0 Å². The van der Waals surface area contributed by atoms with E-state index in [0.29, 0.717) is 26.1 Å². The van der Waals surface area contributed by atoms with Crippen molar-refractivity contribution >= 4 is 21.8 Å². The van der Waals surface area contributed by atoms with Crippen LogP contribution in [0.3, 0.4) is 0 Å². The number of nitrogens with one attached hydrogen (secondary N) is 2. The van der Waals surface area contributed by atoms with E-state index in [2.05, 4.69) is 51.7 Å². The first-order valence-electron chi connectivity index (χ1n) is 6.35. The van der Waals surface area contributed by atoms with Gasteiger partial charge >= 0.3 is 0 Å². The molecule has 5 heteroatoms. The minimum atomic E-state index is 0.0506. The fourth-order valence-corrected chi connectivity index (χ4v) is 1.99. The number of amides is 1. The highest BCUT2D eigenvalue weighted by Gasteiger charge is 2.01. The van der Waals surface area contributed by atoms with Crippen molar-refractivity contribution in [2.45, 2.75) is 19.9 Å². The molecule has 0 aliphatic rings. The van der Waals surface area contributed by atoms with Gasteiger partial charge in [0.2, 0.25) is 5.91 Å². The van der Waals surface area contributed by atoms with Crippen LogP contribution in [0.25, 0.3) is 0 Å². The third-order valence-corrected chi connectivity index (χ3v) is 3.58. The second-order valence-corrected chi connectivity index (χ2v) is 5.21. The Bertz CT molecular complexity index is 410. The summed E-state index contributed by atoms with van der Waals surface area (Å²) in [4.78, 5) is 11.4. The zero-order chi connectivity index (χ0) is 14.1. The summed E-state index contributed by atoms with van der Waals surface area (Å²) >= 11 is 3.51. The Kier molecular flexibility index (Phi) is 7.70. The molecule has 0 radical (unpaired) electrons. The molecule has 19 heavy (non-hydrogen) atoms. The molecule has 1 amide bonds. The molecule has 4 nitrogen and oxygen atoms in total. The molecule has 0 spiro atoms. The van der Waals surface area contributed by atoms with Crippen molar-refractivity contribution in [1.82, 2.24) is 10.6 Å². The highest BCUT2D eigenvalue weighted by atomic mass is 79.9. The van der Waals surface area contributed by atoms with E-state index in [1.807, 2.05) is 0 Å². The molecule has 0 saturated carbocycles. The van der Waals surface area contributed by atoms with Gasteiger partial charge in [0.05, 0.1) is 6.61 Å². The predicted molar refractivity (Wildman–Crippen MR) is 80.1 cm³/mol. The molecule has 2 N–H and O–H groups in total. The average Bonchev–Trinajstić information content (AvgIpc) is 2.39. The van der Waals surface area contributed by atoms with Crippen LogP contribution in [-0.2, 0) is 16.1 Å². The number of halogens is 1. The summed E-state index contributed by atoms with van der Waals surface area (Å²) in [5.41, 5.74) is 2.43. The maximum Gasteiger partial charge on any atom is 0.221 e. The summed E-state index contributed by atoms with van der Waals surface area (Å²) in [6.07, 6.45) is 0.483. The maximum atomic E-state index is 11.4. The van der Waals surface area contributed by atoms with Crippen molar-refractivity contribution in [3.05, 3.63) is 33.8 Å². The fraction of sp³-hybridized carbons (Fsp3) is 0.500. The van der Waals surface area contributed by atoms with E-state index < -0.39 is 0 Å². The number of ether oxygens (including phenoxy) is 1. The van der Waals surface area contributed by atoms with Crippen LogP contribution in [0, 0.1) is 6.92 Å². The van der Waals surface area contributed by atoms with Crippen LogP contribution in [0.15, 0.2) is 22.7 Å². The number of methoxy groups -OCH3 is 1. The standard InChI is InChI=1S/C14H21BrN2O2/c1-11-3-4-12(9-13(11)15)10-16-6-5-14(18)17-7-8-19-2/h3-4,9,16H,5-8,10H2,1-2H3,(H,17,18). The molecule has 0 aromatic heterocycles. The third kappa shape index (κ3) is 6.71. The molecule has 1 aromatic rings. The highest BCUT2D eigenvalue weighted by molar-refractivity contribution is 9.10. The molecule has 106 valence electrons. The molecule has 0 atom stereocenters. The molecule has 0 bridgehead atoms. The molecule has 1 aromatic carbocycles. The smallest absolute Gasteiger partial charge is 0.221 e. The summed E-state index contributed by atoms with van der Waals surface area (Å²) in [5, 5.41) is 6.04. The maximum absolute atomic E-state index is 11.4. The van der Waals surface area contributed by atoms with Gasteiger partial charge in [-0.3, -0.25) is 4.79 Å². The van der Waals surface area contributed by atoms with Gasteiger partial charge in [-0.25, -0.2) is 0 Å². The molecule has 0 unspecified atom stereocenters. The van der Waals surface area contributed by atoms with E-state index in [4.69, 9.17) is 4.74 Å². The fourth-order valence-electron chi connectivity index (χ4n) is 1.56. The van der Waals surface area contributed by atoms with E-state index in [9.17, 15) is 4.79 Å². The van der Waals surface area contributed by atoms with Crippen LogP contribution < -0.4 is 10.6 Å². The van der Waals surface area contributed by atoms with Crippen molar-refractivity contribution in [2.75, 3.05) is 26.8 Å². The van der Waals surface area contributed by atoms with Crippen LogP contribution in [0.1, 0.15) is 17.5 Å². The molecule has 0 heterocycles. The van der Waals surface area contributed by atoms with Crippen molar-refractivity contribution in [3.63, 3.8) is 0 Å². The summed E-state index contributed by atoms with van der Waals surface area (Å²) < 4.78 is 5.98. The van der Waals surface area contributed by atoms with Crippen LogP contribution >= 0.6 is 15.9 Å². The van der Waals surface area contributed by atoms with Gasteiger partial charge in [-0.05, 0) is 24.1 Å². The number of carbonyl (C=O) groups excluding carboxylic acids is 1. The first-order valence-corrected chi connectivity index (χ1v) is 7.14. The van der Waals surface area contributed by atoms with E-state index >= 15 is 0 Å². The van der Waals surface area contributed by atoms with Gasteiger partial charge in [-0.15, -0.1) is 0 Å². The molecule has 0 saturated heterocycles. The number of benzene rings is 1. The number of aryl methyl sites for hydroxylation is 1. The first-order chi connectivity index (χ1) is 9.13. The molecular formula is C14H21BrN2O2. The molecule has 0 aliphatic carbocycles. The quantitative estimate of drug-likeness (QED) is 0.717. The lowest BCUT2D eigenvalue weighted by Gasteiger charge is -2.07. The average molecular weight is 329 g/mol. The van der Waals surface area contributed by atoms with E-state index in [0.717, 1.165) is 11.0 Å². The van der Waals surface area contributed by atoms with E-state index in [-0.39, 0.29) is 5.91 Å². The Morgan fingerprint density at radius 1 is 1.37 bits per heavy atom. The second-order valence-electron chi connectivity index (χ2n) is 4.35. The number of hydrogen-bond acceptors (Lipinski definition) is 3. The first kappa shape index (κ1) is 16.1. The SMILES string of the molecule is COCCNC(=O)CCNCc1ccc(C)c(Br)c1. The molecule has 1 rings (SSSR count). The van der Waals surface area contributed by atoms with Gasteiger partial charge in [0.1, 0.15) is 0 Å². The van der Waals surface area contributed by atoms with Gasteiger partial charge in [-0.1, -0.05) is 28.1 Å².